The summed E-state index contributed by atoms with van der Waals surface area (Å²) >= 11 is 13.3. The zero-order valence-corrected chi connectivity index (χ0v) is 17.9. The number of carbonyl (C=O) groups is 2. The van der Waals surface area contributed by atoms with Gasteiger partial charge in [-0.05, 0) is 25.5 Å². The van der Waals surface area contributed by atoms with Gasteiger partial charge in [0.2, 0.25) is 0 Å². The van der Waals surface area contributed by atoms with E-state index in [0.717, 1.165) is 6.42 Å². The molecular formula is C18H18Cl2N4O4S. The van der Waals surface area contributed by atoms with E-state index in [0.29, 0.717) is 39.9 Å². The van der Waals surface area contributed by atoms with E-state index in [2.05, 4.69) is 20.6 Å². The minimum Gasteiger partial charge on any atom is -0.478 e. The Morgan fingerprint density at radius 1 is 1.31 bits per heavy atom. The maximum atomic E-state index is 12.5. The number of aryl methyl sites for hydroxylation is 1. The molecule has 4 N–H and O–H groups in total. The van der Waals surface area contributed by atoms with Gasteiger partial charge in [-0.15, -0.1) is 0 Å². The number of methoxy groups -OCH3 is 1. The predicted molar refractivity (Wildman–Crippen MR) is 115 cm³/mol. The number of rotatable bonds is 8. The first-order chi connectivity index (χ1) is 13.8. The molecular weight excluding hydrogens is 439 g/mol. The SMILES string of the molecule is COCCCNc1cc2nc(NC(=O)c3[nH]c(C)c(Cl)c3Cl)sc2cc1C(=O)O. The van der Waals surface area contributed by atoms with Gasteiger partial charge in [-0.3, -0.25) is 10.1 Å². The second-order valence-electron chi connectivity index (χ2n) is 6.17. The van der Waals surface area contributed by atoms with Crippen LogP contribution in [-0.4, -0.2) is 47.2 Å². The van der Waals surface area contributed by atoms with Crippen LogP contribution in [0.25, 0.3) is 10.2 Å². The summed E-state index contributed by atoms with van der Waals surface area (Å²) in [5.74, 6) is -1.54. The largest absolute Gasteiger partial charge is 0.478 e. The summed E-state index contributed by atoms with van der Waals surface area (Å²) in [5, 5.41) is 16.0. The molecule has 0 atom stereocenters. The number of hydrogen-bond acceptors (Lipinski definition) is 6. The third kappa shape index (κ3) is 4.64. The van der Waals surface area contributed by atoms with E-state index in [-0.39, 0.29) is 21.3 Å². The van der Waals surface area contributed by atoms with Crippen LogP contribution in [0.5, 0.6) is 0 Å². The minimum absolute atomic E-state index is 0.131. The van der Waals surface area contributed by atoms with Crippen LogP contribution in [0, 0.1) is 6.92 Å². The summed E-state index contributed by atoms with van der Waals surface area (Å²) in [7, 11) is 1.61. The van der Waals surface area contributed by atoms with Crippen molar-refractivity contribution in [3.63, 3.8) is 0 Å². The summed E-state index contributed by atoms with van der Waals surface area (Å²) in [6.07, 6.45) is 0.727. The highest BCUT2D eigenvalue weighted by atomic mass is 35.5. The molecule has 11 heteroatoms. The molecule has 0 aliphatic carbocycles. The number of benzene rings is 1. The number of fused-ring (bicyclic) bond motifs is 1. The van der Waals surface area contributed by atoms with Crippen LogP contribution in [0.2, 0.25) is 10.0 Å². The minimum atomic E-state index is -1.05. The number of amides is 1. The van der Waals surface area contributed by atoms with Crippen molar-refractivity contribution >= 4 is 67.5 Å². The highest BCUT2D eigenvalue weighted by Gasteiger charge is 2.20. The van der Waals surface area contributed by atoms with Gasteiger partial charge in [0.1, 0.15) is 5.69 Å². The Labute approximate surface area is 180 Å². The molecule has 1 amide bonds. The number of aromatic nitrogens is 2. The Kier molecular flexibility index (Phi) is 6.63. The number of thiazole rings is 1. The summed E-state index contributed by atoms with van der Waals surface area (Å²) in [4.78, 5) is 31.3. The van der Waals surface area contributed by atoms with E-state index in [1.807, 2.05) is 0 Å². The second kappa shape index (κ2) is 9.00. The lowest BCUT2D eigenvalue weighted by Gasteiger charge is -2.09. The molecule has 8 nitrogen and oxygen atoms in total. The fourth-order valence-corrected chi connectivity index (χ4v) is 3.98. The first-order valence-electron chi connectivity index (χ1n) is 8.57. The highest BCUT2D eigenvalue weighted by molar-refractivity contribution is 7.22. The summed E-state index contributed by atoms with van der Waals surface area (Å²) < 4.78 is 5.63. The van der Waals surface area contributed by atoms with Crippen LogP contribution in [0.15, 0.2) is 12.1 Å². The molecule has 0 aliphatic heterocycles. The van der Waals surface area contributed by atoms with Crippen LogP contribution in [0.1, 0.15) is 33.0 Å². The average Bonchev–Trinajstić information content (AvgIpc) is 3.19. The van der Waals surface area contributed by atoms with Gasteiger partial charge in [-0.25, -0.2) is 9.78 Å². The summed E-state index contributed by atoms with van der Waals surface area (Å²) in [6, 6.07) is 3.19. The predicted octanol–water partition coefficient (Wildman–Crippen LogP) is 4.64. The zero-order valence-electron chi connectivity index (χ0n) is 15.6. The number of carbonyl (C=O) groups excluding carboxylic acids is 1. The standard InChI is InChI=1S/C18H18Cl2N4O4S/c1-8-13(19)14(20)15(22-8)16(25)24-18-23-11-7-10(21-4-3-5-28-2)9(17(26)27)6-12(11)29-18/h6-7,21-22H,3-5H2,1-2H3,(H,26,27)(H,23,24,25). The van der Waals surface area contributed by atoms with Gasteiger partial charge < -0.3 is 20.1 Å². The number of aromatic amines is 1. The van der Waals surface area contributed by atoms with Crippen LogP contribution < -0.4 is 10.6 Å². The van der Waals surface area contributed by atoms with Crippen LogP contribution in [0.3, 0.4) is 0 Å². The summed E-state index contributed by atoms with van der Waals surface area (Å²) in [5.41, 5.74) is 1.88. The number of nitrogens with one attached hydrogen (secondary N) is 3. The third-order valence-corrected chi connectivity index (χ3v) is 5.98. The lowest BCUT2D eigenvalue weighted by molar-refractivity contribution is 0.0698. The molecule has 2 aromatic heterocycles. The lowest BCUT2D eigenvalue weighted by atomic mass is 10.1. The first-order valence-corrected chi connectivity index (χ1v) is 10.1. The number of carboxylic acid groups (broad SMARTS) is 1. The number of carboxylic acids is 1. The van der Waals surface area contributed by atoms with Crippen molar-refractivity contribution < 1.29 is 19.4 Å². The zero-order chi connectivity index (χ0) is 21.1. The Hall–Kier alpha value is -2.33. The smallest absolute Gasteiger partial charge is 0.337 e. The number of halogens is 2. The van der Waals surface area contributed by atoms with Gasteiger partial charge in [0.05, 0.1) is 31.5 Å². The van der Waals surface area contributed by atoms with Gasteiger partial charge in [-0.2, -0.15) is 0 Å². The number of H-pyrrole nitrogens is 1. The van der Waals surface area contributed by atoms with Crippen molar-refractivity contribution in [3.05, 3.63) is 39.1 Å². The fourth-order valence-electron chi connectivity index (χ4n) is 2.68. The molecule has 3 aromatic rings. The van der Waals surface area contributed by atoms with Gasteiger partial charge >= 0.3 is 5.97 Å². The van der Waals surface area contributed by atoms with E-state index < -0.39 is 11.9 Å². The molecule has 3 rings (SSSR count). The number of ether oxygens (including phenoxy) is 1. The van der Waals surface area contributed by atoms with Crippen molar-refractivity contribution in [2.45, 2.75) is 13.3 Å². The Bertz CT molecular complexity index is 1080. The Morgan fingerprint density at radius 3 is 2.69 bits per heavy atom. The van der Waals surface area contributed by atoms with Crippen molar-refractivity contribution in [3.8, 4) is 0 Å². The monoisotopic (exact) mass is 456 g/mol. The number of aromatic carboxylic acids is 1. The van der Waals surface area contributed by atoms with Crippen LogP contribution >= 0.6 is 34.5 Å². The van der Waals surface area contributed by atoms with E-state index in [9.17, 15) is 14.7 Å². The van der Waals surface area contributed by atoms with E-state index >= 15 is 0 Å². The van der Waals surface area contributed by atoms with Crippen LogP contribution in [-0.2, 0) is 4.74 Å². The molecule has 0 fully saturated rings. The molecule has 0 unspecified atom stereocenters. The average molecular weight is 457 g/mol. The number of anilines is 2. The molecule has 0 bridgehead atoms. The molecule has 2 heterocycles. The Balaban J connectivity index is 1.86. The van der Waals surface area contributed by atoms with E-state index in [4.69, 9.17) is 27.9 Å². The molecule has 0 radical (unpaired) electrons. The molecule has 1 aromatic carbocycles. The topological polar surface area (TPSA) is 116 Å². The van der Waals surface area contributed by atoms with Gasteiger partial charge in [-0.1, -0.05) is 34.5 Å². The van der Waals surface area contributed by atoms with Gasteiger partial charge in [0, 0.05) is 26.0 Å². The van der Waals surface area contributed by atoms with E-state index in [1.54, 1.807) is 20.1 Å². The first kappa shape index (κ1) is 21.4. The maximum Gasteiger partial charge on any atom is 0.337 e. The number of nitrogens with zero attached hydrogens (tertiary/aromatic N) is 1. The second-order valence-corrected chi connectivity index (χ2v) is 7.96. The van der Waals surface area contributed by atoms with Crippen molar-refractivity contribution in [1.82, 2.24) is 9.97 Å². The van der Waals surface area contributed by atoms with Gasteiger partial charge in [0.25, 0.3) is 5.91 Å². The van der Waals surface area contributed by atoms with Crippen molar-refractivity contribution in [2.75, 3.05) is 30.9 Å². The quantitative estimate of drug-likeness (QED) is 0.367. The molecule has 0 saturated heterocycles. The lowest BCUT2D eigenvalue weighted by Crippen LogP contribution is -2.12. The third-order valence-electron chi connectivity index (χ3n) is 4.10. The molecule has 0 saturated carbocycles. The van der Waals surface area contributed by atoms with Crippen molar-refractivity contribution in [2.24, 2.45) is 0 Å². The highest BCUT2D eigenvalue weighted by Crippen LogP contribution is 2.33. The fraction of sp³-hybridized carbons (Fsp3) is 0.278. The Morgan fingerprint density at radius 2 is 2.07 bits per heavy atom. The molecule has 0 aliphatic rings. The van der Waals surface area contributed by atoms with E-state index in [1.165, 1.54) is 17.4 Å². The molecule has 29 heavy (non-hydrogen) atoms. The number of hydrogen-bond donors (Lipinski definition) is 4. The van der Waals surface area contributed by atoms with Crippen LogP contribution in [0.4, 0.5) is 10.8 Å². The summed E-state index contributed by atoms with van der Waals surface area (Å²) in [6.45, 7) is 2.82. The van der Waals surface area contributed by atoms with Gasteiger partial charge in [0.15, 0.2) is 5.13 Å². The molecule has 0 spiro atoms. The normalized spacial score (nSPS) is 11.0. The molecule has 154 valence electrons. The maximum absolute atomic E-state index is 12.5. The van der Waals surface area contributed by atoms with Crippen molar-refractivity contribution in [1.29, 1.82) is 0 Å².